The molecule has 3 rings (SSSR count). The molecular weight excluding hydrogens is 294 g/mol. The van der Waals surface area contributed by atoms with Crippen LogP contribution in [0.15, 0.2) is 35.7 Å². The van der Waals surface area contributed by atoms with Crippen molar-refractivity contribution in [2.75, 3.05) is 19.0 Å². The number of aryl methyl sites for hydroxylation is 2. The van der Waals surface area contributed by atoms with E-state index in [0.29, 0.717) is 6.61 Å². The summed E-state index contributed by atoms with van der Waals surface area (Å²) in [6, 6.07) is 10.4. The third-order valence-electron chi connectivity index (χ3n) is 3.58. The number of benzene rings is 1. The quantitative estimate of drug-likeness (QED) is 0.770. The molecular formula is C17H19N3OS. The summed E-state index contributed by atoms with van der Waals surface area (Å²) in [5.41, 5.74) is 2.38. The third kappa shape index (κ3) is 2.96. The van der Waals surface area contributed by atoms with E-state index in [4.69, 9.17) is 4.74 Å². The molecule has 22 heavy (non-hydrogen) atoms. The number of fused-ring (bicyclic) bond motifs is 1. The van der Waals surface area contributed by atoms with E-state index in [2.05, 4.69) is 39.7 Å². The Morgan fingerprint density at radius 1 is 1.18 bits per heavy atom. The van der Waals surface area contributed by atoms with E-state index < -0.39 is 0 Å². The summed E-state index contributed by atoms with van der Waals surface area (Å²) in [7, 11) is 1.72. The number of anilines is 1. The first kappa shape index (κ1) is 14.9. The summed E-state index contributed by atoms with van der Waals surface area (Å²) in [6.45, 7) is 4.60. The van der Waals surface area contributed by atoms with Crippen molar-refractivity contribution in [3.63, 3.8) is 0 Å². The standard InChI is InChI=1S/C17H19N3OS/c1-11-10-22-17-15(11)16(18-12(2)19-17)20-14(9-21-3)13-7-5-4-6-8-13/h4-8,10,14H,9H2,1-3H3,(H,18,19,20). The fourth-order valence-corrected chi connectivity index (χ4v) is 3.50. The number of nitrogens with zero attached hydrogens (tertiary/aromatic N) is 2. The number of ether oxygens (including phenoxy) is 1. The highest BCUT2D eigenvalue weighted by atomic mass is 32.1. The van der Waals surface area contributed by atoms with E-state index in [1.807, 2.05) is 25.1 Å². The van der Waals surface area contributed by atoms with Gasteiger partial charge in [0.15, 0.2) is 0 Å². The molecule has 0 saturated carbocycles. The molecule has 2 heterocycles. The van der Waals surface area contributed by atoms with E-state index in [9.17, 15) is 0 Å². The summed E-state index contributed by atoms with van der Waals surface area (Å²) in [5.74, 6) is 1.66. The van der Waals surface area contributed by atoms with Crippen molar-refractivity contribution in [2.45, 2.75) is 19.9 Å². The monoisotopic (exact) mass is 313 g/mol. The smallest absolute Gasteiger partial charge is 0.139 e. The lowest BCUT2D eigenvalue weighted by Gasteiger charge is -2.20. The Bertz CT molecular complexity index is 770. The van der Waals surface area contributed by atoms with E-state index in [1.165, 1.54) is 11.1 Å². The van der Waals surface area contributed by atoms with Crippen molar-refractivity contribution >= 4 is 27.4 Å². The zero-order chi connectivity index (χ0) is 15.5. The Hall–Kier alpha value is -1.98. The van der Waals surface area contributed by atoms with Crippen LogP contribution in [0.2, 0.25) is 0 Å². The molecule has 0 aliphatic heterocycles. The third-order valence-corrected chi connectivity index (χ3v) is 4.57. The van der Waals surface area contributed by atoms with Gasteiger partial charge in [-0.3, -0.25) is 0 Å². The van der Waals surface area contributed by atoms with Crippen molar-refractivity contribution in [1.29, 1.82) is 0 Å². The van der Waals surface area contributed by atoms with Gasteiger partial charge in [0.05, 0.1) is 18.0 Å². The summed E-state index contributed by atoms with van der Waals surface area (Å²) in [4.78, 5) is 10.2. The van der Waals surface area contributed by atoms with Gasteiger partial charge in [-0.1, -0.05) is 30.3 Å². The molecule has 0 aliphatic carbocycles. The summed E-state index contributed by atoms with van der Waals surface area (Å²) in [5, 5.41) is 6.76. The molecule has 0 bridgehead atoms. The molecule has 0 amide bonds. The van der Waals surface area contributed by atoms with E-state index in [1.54, 1.807) is 18.4 Å². The fourth-order valence-electron chi connectivity index (χ4n) is 2.53. The molecule has 4 nitrogen and oxygen atoms in total. The van der Waals surface area contributed by atoms with Crippen LogP contribution in [0.4, 0.5) is 5.82 Å². The normalized spacial score (nSPS) is 12.5. The van der Waals surface area contributed by atoms with Crippen LogP contribution in [0.25, 0.3) is 10.2 Å². The fraction of sp³-hybridized carbons (Fsp3) is 0.294. The van der Waals surface area contributed by atoms with Gasteiger partial charge in [0, 0.05) is 7.11 Å². The minimum absolute atomic E-state index is 0.0583. The summed E-state index contributed by atoms with van der Waals surface area (Å²) >= 11 is 1.66. The molecule has 1 atom stereocenters. The summed E-state index contributed by atoms with van der Waals surface area (Å²) < 4.78 is 5.38. The number of aromatic nitrogens is 2. The molecule has 0 saturated heterocycles. The van der Waals surface area contributed by atoms with Crippen LogP contribution in [0.5, 0.6) is 0 Å². The minimum Gasteiger partial charge on any atom is -0.382 e. The molecule has 2 aromatic heterocycles. The number of methoxy groups -OCH3 is 1. The van der Waals surface area contributed by atoms with Gasteiger partial charge in [0.2, 0.25) is 0 Å². The van der Waals surface area contributed by atoms with Crippen molar-refractivity contribution < 1.29 is 4.74 Å². The van der Waals surface area contributed by atoms with Crippen LogP contribution >= 0.6 is 11.3 Å². The predicted molar refractivity (Wildman–Crippen MR) is 91.6 cm³/mol. The Kier molecular flexibility index (Phi) is 4.36. The zero-order valence-corrected chi connectivity index (χ0v) is 13.8. The molecule has 5 heteroatoms. The number of nitrogens with one attached hydrogen (secondary N) is 1. The van der Waals surface area contributed by atoms with Crippen LogP contribution in [-0.4, -0.2) is 23.7 Å². The topological polar surface area (TPSA) is 47.0 Å². The predicted octanol–water partition coefficient (Wildman–Crippen LogP) is 4.11. The number of hydrogen-bond donors (Lipinski definition) is 1. The molecule has 0 spiro atoms. The van der Waals surface area contributed by atoms with Gasteiger partial charge < -0.3 is 10.1 Å². The largest absolute Gasteiger partial charge is 0.382 e. The van der Waals surface area contributed by atoms with Crippen LogP contribution in [0.3, 0.4) is 0 Å². The lowest BCUT2D eigenvalue weighted by molar-refractivity contribution is 0.186. The molecule has 1 N–H and O–H groups in total. The highest BCUT2D eigenvalue weighted by Gasteiger charge is 2.16. The van der Waals surface area contributed by atoms with Gasteiger partial charge in [0.25, 0.3) is 0 Å². The molecule has 0 radical (unpaired) electrons. The van der Waals surface area contributed by atoms with Crippen molar-refractivity contribution in [3.8, 4) is 0 Å². The lowest BCUT2D eigenvalue weighted by atomic mass is 10.1. The van der Waals surface area contributed by atoms with E-state index in [-0.39, 0.29) is 6.04 Å². The van der Waals surface area contributed by atoms with Gasteiger partial charge in [-0.25, -0.2) is 9.97 Å². The van der Waals surface area contributed by atoms with Crippen LogP contribution in [0, 0.1) is 13.8 Å². The Morgan fingerprint density at radius 3 is 2.68 bits per heavy atom. The Balaban J connectivity index is 2.01. The molecule has 1 unspecified atom stereocenters. The highest BCUT2D eigenvalue weighted by molar-refractivity contribution is 7.17. The second kappa shape index (κ2) is 6.42. The molecule has 3 aromatic rings. The highest BCUT2D eigenvalue weighted by Crippen LogP contribution is 2.31. The van der Waals surface area contributed by atoms with Crippen molar-refractivity contribution in [2.24, 2.45) is 0 Å². The minimum atomic E-state index is 0.0583. The Labute approximate surface area is 134 Å². The first-order chi connectivity index (χ1) is 10.7. The number of thiophene rings is 1. The number of rotatable bonds is 5. The van der Waals surface area contributed by atoms with Gasteiger partial charge in [-0.15, -0.1) is 11.3 Å². The number of hydrogen-bond acceptors (Lipinski definition) is 5. The Morgan fingerprint density at radius 2 is 1.95 bits per heavy atom. The average molecular weight is 313 g/mol. The molecule has 114 valence electrons. The van der Waals surface area contributed by atoms with Crippen molar-refractivity contribution in [1.82, 2.24) is 9.97 Å². The lowest BCUT2D eigenvalue weighted by Crippen LogP contribution is -2.17. The van der Waals surface area contributed by atoms with Gasteiger partial charge in [-0.05, 0) is 30.4 Å². The average Bonchev–Trinajstić information content (AvgIpc) is 2.89. The SMILES string of the molecule is COCC(Nc1nc(C)nc2scc(C)c12)c1ccccc1. The van der Waals surface area contributed by atoms with Gasteiger partial charge in [-0.2, -0.15) is 0 Å². The second-order valence-corrected chi connectivity index (χ2v) is 6.14. The molecule has 1 aromatic carbocycles. The van der Waals surface area contributed by atoms with Crippen molar-refractivity contribution in [3.05, 3.63) is 52.7 Å². The van der Waals surface area contributed by atoms with E-state index >= 15 is 0 Å². The maximum absolute atomic E-state index is 5.38. The molecule has 0 fully saturated rings. The van der Waals surface area contributed by atoms with Crippen LogP contribution in [-0.2, 0) is 4.74 Å². The molecule has 0 aliphatic rings. The van der Waals surface area contributed by atoms with Gasteiger partial charge >= 0.3 is 0 Å². The summed E-state index contributed by atoms with van der Waals surface area (Å²) in [6.07, 6.45) is 0. The first-order valence-electron chi connectivity index (χ1n) is 7.22. The van der Waals surface area contributed by atoms with Crippen LogP contribution < -0.4 is 5.32 Å². The van der Waals surface area contributed by atoms with Gasteiger partial charge in [0.1, 0.15) is 16.5 Å². The maximum Gasteiger partial charge on any atom is 0.139 e. The van der Waals surface area contributed by atoms with Crippen LogP contribution in [0.1, 0.15) is 23.0 Å². The van der Waals surface area contributed by atoms with E-state index in [0.717, 1.165) is 21.9 Å². The zero-order valence-electron chi connectivity index (χ0n) is 13.0. The second-order valence-electron chi connectivity index (χ2n) is 5.28. The first-order valence-corrected chi connectivity index (χ1v) is 8.10. The maximum atomic E-state index is 5.38.